The lowest BCUT2D eigenvalue weighted by Crippen LogP contribution is -2.28. The van der Waals surface area contributed by atoms with E-state index in [0.29, 0.717) is 0 Å². The molecule has 1 heterocycles. The second-order valence-electron chi connectivity index (χ2n) is 3.40. The quantitative estimate of drug-likeness (QED) is 0.612. The number of hydrogen-bond donors (Lipinski definition) is 0. The van der Waals surface area contributed by atoms with Gasteiger partial charge < -0.3 is 0 Å². The Balaban J connectivity index is 2.24. The summed E-state index contributed by atoms with van der Waals surface area (Å²) < 4.78 is 0. The lowest BCUT2D eigenvalue weighted by atomic mass is 10.3. The van der Waals surface area contributed by atoms with E-state index in [1.54, 1.807) is 5.01 Å². The van der Waals surface area contributed by atoms with Crippen molar-refractivity contribution in [2.75, 3.05) is 11.6 Å². The van der Waals surface area contributed by atoms with Crippen molar-refractivity contribution < 1.29 is 4.87 Å². The zero-order valence-corrected chi connectivity index (χ0v) is 7.68. The zero-order chi connectivity index (χ0) is 9.26. The minimum atomic E-state index is 0.111. The van der Waals surface area contributed by atoms with Crippen molar-refractivity contribution in [1.29, 1.82) is 0 Å². The van der Waals surface area contributed by atoms with Gasteiger partial charge in [0.25, 0.3) is 0 Å². The highest BCUT2D eigenvalue weighted by molar-refractivity contribution is 5.43. The molecule has 0 saturated carbocycles. The molecule has 1 aliphatic rings. The van der Waals surface area contributed by atoms with Crippen LogP contribution in [-0.2, 0) is 0 Å². The molecular weight excluding hydrogens is 164 g/mol. The summed E-state index contributed by atoms with van der Waals surface area (Å²) in [6, 6.07) is 9.89. The van der Waals surface area contributed by atoms with Gasteiger partial charge in [-0.15, -0.1) is 5.01 Å². The van der Waals surface area contributed by atoms with E-state index in [0.717, 1.165) is 23.5 Å². The number of nitrogens with zero attached hydrogens (tertiary/aromatic N) is 2. The first kappa shape index (κ1) is 8.23. The molecule has 0 amide bonds. The molecule has 1 fully saturated rings. The van der Waals surface area contributed by atoms with Gasteiger partial charge in [0.2, 0.25) is 6.04 Å². The molecule has 0 aliphatic carbocycles. The van der Waals surface area contributed by atoms with Gasteiger partial charge >= 0.3 is 0 Å². The third-order valence-corrected chi connectivity index (χ3v) is 2.43. The number of hydrazine groups is 1. The average molecular weight is 177 g/mol. The van der Waals surface area contributed by atoms with E-state index in [-0.39, 0.29) is 6.04 Å². The molecule has 1 aliphatic heterocycles. The van der Waals surface area contributed by atoms with Crippen LogP contribution in [0.1, 0.15) is 13.3 Å². The Morgan fingerprint density at radius 3 is 2.62 bits per heavy atom. The van der Waals surface area contributed by atoms with Crippen molar-refractivity contribution in [1.82, 2.24) is 0 Å². The first-order chi connectivity index (χ1) is 6.29. The summed E-state index contributed by atoms with van der Waals surface area (Å²) in [7, 11) is 0. The summed E-state index contributed by atoms with van der Waals surface area (Å²) >= 11 is 0. The molecule has 0 radical (unpaired) electrons. The molecule has 68 valence electrons. The maximum atomic E-state index is 11.5. The van der Waals surface area contributed by atoms with Gasteiger partial charge in [0.1, 0.15) is 10.6 Å². The fourth-order valence-corrected chi connectivity index (χ4v) is 1.60. The van der Waals surface area contributed by atoms with Crippen LogP contribution in [0.15, 0.2) is 30.3 Å². The molecule has 3 heteroatoms. The average Bonchev–Trinajstić information content (AvgIpc) is 2.49. The standard InChI is InChI=1S/C10H13N2O/c1-9-7-8-11(12(9)13)10-5-3-2-4-6-10/h2-6,9H,7-8H2,1H3/q+1. The Kier molecular flexibility index (Phi) is 2.00. The van der Waals surface area contributed by atoms with Gasteiger partial charge in [-0.3, -0.25) is 0 Å². The molecule has 1 aromatic rings. The van der Waals surface area contributed by atoms with Gasteiger partial charge in [0.15, 0.2) is 0 Å². The van der Waals surface area contributed by atoms with E-state index < -0.39 is 0 Å². The number of anilines is 1. The molecule has 0 bridgehead atoms. The Labute approximate surface area is 77.5 Å². The first-order valence-electron chi connectivity index (χ1n) is 4.58. The molecular formula is C10H13N2O+. The predicted octanol–water partition coefficient (Wildman–Crippen LogP) is 1.98. The summed E-state index contributed by atoms with van der Waals surface area (Å²) in [5.74, 6) is 0. The fraction of sp³-hybridized carbons (Fsp3) is 0.400. The maximum Gasteiger partial charge on any atom is 0.234 e. The second kappa shape index (κ2) is 3.17. The monoisotopic (exact) mass is 177 g/mol. The lowest BCUT2D eigenvalue weighted by Gasteiger charge is -2.06. The molecule has 0 N–H and O–H groups in total. The van der Waals surface area contributed by atoms with E-state index in [2.05, 4.69) is 0 Å². The number of para-hydroxylation sites is 1. The molecule has 1 aromatic carbocycles. The minimum absolute atomic E-state index is 0.111. The molecule has 13 heavy (non-hydrogen) atoms. The van der Waals surface area contributed by atoms with Gasteiger partial charge in [-0.05, 0) is 12.1 Å². The van der Waals surface area contributed by atoms with Crippen LogP contribution in [0.4, 0.5) is 5.69 Å². The summed E-state index contributed by atoms with van der Waals surface area (Å²) in [5, 5.41) is 1.78. The Morgan fingerprint density at radius 2 is 2.08 bits per heavy atom. The van der Waals surface area contributed by atoms with Crippen LogP contribution in [0.5, 0.6) is 0 Å². The van der Waals surface area contributed by atoms with Crippen LogP contribution in [-0.4, -0.2) is 17.5 Å². The number of nitroso groups, excluding NO2 is 1. The highest BCUT2D eigenvalue weighted by Crippen LogP contribution is 2.20. The van der Waals surface area contributed by atoms with E-state index >= 15 is 0 Å². The van der Waals surface area contributed by atoms with E-state index in [1.165, 1.54) is 0 Å². The maximum absolute atomic E-state index is 11.5. The predicted molar refractivity (Wildman–Crippen MR) is 51.5 cm³/mol. The van der Waals surface area contributed by atoms with Gasteiger partial charge in [-0.2, -0.15) is 0 Å². The molecule has 0 spiro atoms. The van der Waals surface area contributed by atoms with Gasteiger partial charge in [0.05, 0.1) is 11.5 Å². The van der Waals surface area contributed by atoms with Gasteiger partial charge in [0, 0.05) is 13.3 Å². The van der Waals surface area contributed by atoms with Crippen molar-refractivity contribution in [3.8, 4) is 0 Å². The van der Waals surface area contributed by atoms with Crippen LogP contribution in [0.25, 0.3) is 0 Å². The molecule has 3 nitrogen and oxygen atoms in total. The topological polar surface area (TPSA) is 23.3 Å². The summed E-state index contributed by atoms with van der Waals surface area (Å²) in [6.07, 6.45) is 0.943. The van der Waals surface area contributed by atoms with Crippen LogP contribution in [0, 0.1) is 4.91 Å². The largest absolute Gasteiger partial charge is 0.234 e. The highest BCUT2D eigenvalue weighted by atomic mass is 16.3. The van der Waals surface area contributed by atoms with Crippen molar-refractivity contribution in [2.24, 2.45) is 0 Å². The van der Waals surface area contributed by atoms with Crippen LogP contribution in [0.2, 0.25) is 0 Å². The van der Waals surface area contributed by atoms with Gasteiger partial charge in [-0.25, -0.2) is 0 Å². The van der Waals surface area contributed by atoms with E-state index in [1.807, 2.05) is 37.3 Å². The fourth-order valence-electron chi connectivity index (χ4n) is 1.60. The molecule has 1 saturated heterocycles. The van der Waals surface area contributed by atoms with Crippen molar-refractivity contribution in [3.63, 3.8) is 0 Å². The molecule has 1 unspecified atom stereocenters. The smallest absolute Gasteiger partial charge is 0.108 e. The summed E-state index contributed by atoms with van der Waals surface area (Å²) in [6.45, 7) is 2.78. The van der Waals surface area contributed by atoms with Crippen LogP contribution >= 0.6 is 0 Å². The number of hydrogen-bond acceptors (Lipinski definition) is 1. The van der Waals surface area contributed by atoms with Crippen LogP contribution in [0.3, 0.4) is 0 Å². The third-order valence-electron chi connectivity index (χ3n) is 2.43. The van der Waals surface area contributed by atoms with E-state index in [9.17, 15) is 4.91 Å². The molecule has 0 aromatic heterocycles. The third kappa shape index (κ3) is 1.41. The second-order valence-corrected chi connectivity index (χ2v) is 3.40. The zero-order valence-electron chi connectivity index (χ0n) is 7.68. The van der Waals surface area contributed by atoms with Crippen molar-refractivity contribution >= 4 is 5.69 Å². The number of rotatable bonds is 1. The SMILES string of the molecule is CC1CCN(c2ccccc2)[N+]1=O. The van der Waals surface area contributed by atoms with Gasteiger partial charge in [-0.1, -0.05) is 18.2 Å². The Morgan fingerprint density at radius 1 is 1.38 bits per heavy atom. The van der Waals surface area contributed by atoms with Crippen molar-refractivity contribution in [2.45, 2.75) is 19.4 Å². The molecule has 1 atom stereocenters. The van der Waals surface area contributed by atoms with Crippen molar-refractivity contribution in [3.05, 3.63) is 35.2 Å². The first-order valence-corrected chi connectivity index (χ1v) is 4.58. The van der Waals surface area contributed by atoms with E-state index in [4.69, 9.17) is 0 Å². The Hall–Kier alpha value is -1.38. The van der Waals surface area contributed by atoms with Crippen LogP contribution < -0.4 is 5.01 Å². The Bertz CT molecular complexity index is 310. The minimum Gasteiger partial charge on any atom is -0.108 e. The summed E-state index contributed by atoms with van der Waals surface area (Å²) in [5.41, 5.74) is 0.988. The normalized spacial score (nSPS) is 22.4. The lowest BCUT2D eigenvalue weighted by molar-refractivity contribution is -0.573. The molecule has 2 rings (SSSR count). The number of benzene rings is 1. The highest BCUT2D eigenvalue weighted by Gasteiger charge is 2.36. The summed E-state index contributed by atoms with van der Waals surface area (Å²) in [4.78, 5) is 12.6.